The fourth-order valence-corrected chi connectivity index (χ4v) is 2.00. The molecule has 0 aliphatic carbocycles. The number of hydrogen-bond acceptors (Lipinski definition) is 4. The third-order valence-corrected chi connectivity index (χ3v) is 3.36. The minimum atomic E-state index is -0.358. The standard InChI is InChI=1S/C13H21N3O2/c1-5-10(6-2)15-12-11(14)7-8(3)9(4)13(12)16(17)18/h7,10,15H,5-6,14H2,1-4H3. The molecule has 0 saturated heterocycles. The van der Waals surface area contributed by atoms with Gasteiger partial charge in [0.05, 0.1) is 10.6 Å². The lowest BCUT2D eigenvalue weighted by Gasteiger charge is -2.19. The number of nitrogens with zero attached hydrogens (tertiary/aromatic N) is 1. The summed E-state index contributed by atoms with van der Waals surface area (Å²) in [5, 5.41) is 14.4. The first-order valence-corrected chi connectivity index (χ1v) is 6.22. The minimum Gasteiger partial charge on any atom is -0.397 e. The van der Waals surface area contributed by atoms with Crippen LogP contribution in [0.25, 0.3) is 0 Å². The molecule has 0 aromatic heterocycles. The second-order valence-corrected chi connectivity index (χ2v) is 4.55. The Morgan fingerprint density at radius 2 is 1.94 bits per heavy atom. The smallest absolute Gasteiger partial charge is 0.297 e. The van der Waals surface area contributed by atoms with Crippen molar-refractivity contribution in [3.8, 4) is 0 Å². The van der Waals surface area contributed by atoms with E-state index in [0.29, 0.717) is 16.9 Å². The van der Waals surface area contributed by atoms with Crippen LogP contribution in [-0.2, 0) is 0 Å². The van der Waals surface area contributed by atoms with Gasteiger partial charge in [0, 0.05) is 11.6 Å². The van der Waals surface area contributed by atoms with Crippen molar-refractivity contribution in [2.75, 3.05) is 11.1 Å². The first-order chi connectivity index (χ1) is 8.42. The third kappa shape index (κ3) is 2.72. The van der Waals surface area contributed by atoms with E-state index in [9.17, 15) is 10.1 Å². The highest BCUT2D eigenvalue weighted by atomic mass is 16.6. The van der Waals surface area contributed by atoms with Gasteiger partial charge in [-0.1, -0.05) is 13.8 Å². The topological polar surface area (TPSA) is 81.2 Å². The van der Waals surface area contributed by atoms with E-state index >= 15 is 0 Å². The Balaban J connectivity index is 3.32. The number of anilines is 2. The van der Waals surface area contributed by atoms with Crippen LogP contribution in [-0.4, -0.2) is 11.0 Å². The average molecular weight is 251 g/mol. The Morgan fingerprint density at radius 1 is 1.39 bits per heavy atom. The molecule has 1 aromatic rings. The van der Waals surface area contributed by atoms with Gasteiger partial charge in [-0.25, -0.2) is 0 Å². The molecule has 0 fully saturated rings. The third-order valence-electron chi connectivity index (χ3n) is 3.36. The van der Waals surface area contributed by atoms with Crippen molar-refractivity contribution in [1.29, 1.82) is 0 Å². The van der Waals surface area contributed by atoms with E-state index in [1.54, 1.807) is 13.0 Å². The molecule has 1 aromatic carbocycles. The fourth-order valence-electron chi connectivity index (χ4n) is 2.00. The number of nitro groups is 1. The normalized spacial score (nSPS) is 10.7. The van der Waals surface area contributed by atoms with E-state index in [1.165, 1.54) is 0 Å². The molecule has 0 amide bonds. The molecule has 3 N–H and O–H groups in total. The Hall–Kier alpha value is -1.78. The van der Waals surface area contributed by atoms with Crippen LogP contribution < -0.4 is 11.1 Å². The van der Waals surface area contributed by atoms with Crippen molar-refractivity contribution in [3.05, 3.63) is 27.3 Å². The van der Waals surface area contributed by atoms with Gasteiger partial charge in [-0.2, -0.15) is 0 Å². The summed E-state index contributed by atoms with van der Waals surface area (Å²) in [6, 6.07) is 1.99. The molecule has 5 nitrogen and oxygen atoms in total. The maximum absolute atomic E-state index is 11.2. The van der Waals surface area contributed by atoms with Crippen LogP contribution in [0, 0.1) is 24.0 Å². The van der Waals surface area contributed by atoms with Crippen LogP contribution in [0.5, 0.6) is 0 Å². The number of benzene rings is 1. The Morgan fingerprint density at radius 3 is 2.39 bits per heavy atom. The average Bonchev–Trinajstić information content (AvgIpc) is 2.31. The molecule has 0 aliphatic rings. The number of rotatable bonds is 5. The van der Waals surface area contributed by atoms with Crippen molar-refractivity contribution in [2.24, 2.45) is 0 Å². The van der Waals surface area contributed by atoms with E-state index in [4.69, 9.17) is 5.73 Å². The van der Waals surface area contributed by atoms with Crippen molar-refractivity contribution < 1.29 is 4.92 Å². The summed E-state index contributed by atoms with van der Waals surface area (Å²) >= 11 is 0. The monoisotopic (exact) mass is 251 g/mol. The lowest BCUT2D eigenvalue weighted by molar-refractivity contribution is -0.384. The summed E-state index contributed by atoms with van der Waals surface area (Å²) in [6.45, 7) is 7.68. The number of nitro benzene ring substituents is 1. The molecule has 0 atom stereocenters. The first kappa shape index (κ1) is 14.3. The summed E-state index contributed by atoms with van der Waals surface area (Å²) in [4.78, 5) is 10.9. The molecule has 0 bridgehead atoms. The number of nitrogen functional groups attached to an aromatic ring is 1. The van der Waals surface area contributed by atoms with Gasteiger partial charge in [0.25, 0.3) is 5.69 Å². The highest BCUT2D eigenvalue weighted by Crippen LogP contribution is 2.36. The molecule has 1 rings (SSSR count). The van der Waals surface area contributed by atoms with Crippen molar-refractivity contribution >= 4 is 17.1 Å². The summed E-state index contributed by atoms with van der Waals surface area (Å²) in [5.41, 5.74) is 8.42. The molecule has 0 heterocycles. The van der Waals surface area contributed by atoms with Crippen LogP contribution in [0.1, 0.15) is 37.8 Å². The van der Waals surface area contributed by atoms with E-state index in [2.05, 4.69) is 5.32 Å². The van der Waals surface area contributed by atoms with Gasteiger partial charge in [-0.3, -0.25) is 10.1 Å². The number of hydrogen-bond donors (Lipinski definition) is 2. The van der Waals surface area contributed by atoms with Crippen LogP contribution >= 0.6 is 0 Å². The highest BCUT2D eigenvalue weighted by molar-refractivity contribution is 5.80. The van der Waals surface area contributed by atoms with Crippen LogP contribution in [0.15, 0.2) is 6.07 Å². The summed E-state index contributed by atoms with van der Waals surface area (Å²) in [5.74, 6) is 0. The molecule has 0 spiro atoms. The van der Waals surface area contributed by atoms with Crippen molar-refractivity contribution in [3.63, 3.8) is 0 Å². The zero-order valence-electron chi connectivity index (χ0n) is 11.4. The van der Waals surface area contributed by atoms with Gasteiger partial charge in [-0.15, -0.1) is 0 Å². The second-order valence-electron chi connectivity index (χ2n) is 4.55. The number of nitrogens with one attached hydrogen (secondary N) is 1. The van der Waals surface area contributed by atoms with Gasteiger partial charge in [0.1, 0.15) is 5.69 Å². The maximum Gasteiger partial charge on any atom is 0.297 e. The van der Waals surface area contributed by atoms with E-state index in [0.717, 1.165) is 18.4 Å². The SMILES string of the molecule is CCC(CC)Nc1c(N)cc(C)c(C)c1[N+](=O)[O-]. The zero-order chi connectivity index (χ0) is 13.9. The number of nitrogens with two attached hydrogens (primary N) is 1. The summed E-state index contributed by atoms with van der Waals surface area (Å²) in [6.07, 6.45) is 1.81. The van der Waals surface area contributed by atoms with E-state index in [1.807, 2.05) is 20.8 Å². The van der Waals surface area contributed by atoms with Gasteiger partial charge < -0.3 is 11.1 Å². The van der Waals surface area contributed by atoms with E-state index in [-0.39, 0.29) is 16.7 Å². The molecule has 0 saturated carbocycles. The molecule has 0 radical (unpaired) electrons. The van der Waals surface area contributed by atoms with Crippen molar-refractivity contribution in [2.45, 2.75) is 46.6 Å². The highest BCUT2D eigenvalue weighted by Gasteiger charge is 2.23. The largest absolute Gasteiger partial charge is 0.397 e. The molecular formula is C13H21N3O2. The predicted molar refractivity (Wildman–Crippen MR) is 75.0 cm³/mol. The number of aryl methyl sites for hydroxylation is 1. The predicted octanol–water partition coefficient (Wildman–Crippen LogP) is 3.39. The van der Waals surface area contributed by atoms with Gasteiger partial charge >= 0.3 is 0 Å². The second kappa shape index (κ2) is 5.71. The van der Waals surface area contributed by atoms with E-state index < -0.39 is 0 Å². The summed E-state index contributed by atoms with van der Waals surface area (Å²) < 4.78 is 0. The Bertz CT molecular complexity index is 454. The molecule has 0 aliphatic heterocycles. The van der Waals surface area contributed by atoms with Crippen molar-refractivity contribution in [1.82, 2.24) is 0 Å². The van der Waals surface area contributed by atoms with Gasteiger partial charge in [0.15, 0.2) is 0 Å². The lowest BCUT2D eigenvalue weighted by Crippen LogP contribution is -2.19. The molecular weight excluding hydrogens is 230 g/mol. The molecule has 5 heteroatoms. The maximum atomic E-state index is 11.2. The zero-order valence-corrected chi connectivity index (χ0v) is 11.4. The molecule has 100 valence electrons. The van der Waals surface area contributed by atoms with Crippen LogP contribution in [0.2, 0.25) is 0 Å². The Kier molecular flexibility index (Phi) is 4.53. The van der Waals surface area contributed by atoms with Crippen LogP contribution in [0.3, 0.4) is 0 Å². The fraction of sp³-hybridized carbons (Fsp3) is 0.538. The minimum absolute atomic E-state index is 0.0967. The van der Waals surface area contributed by atoms with Gasteiger partial charge in [-0.05, 0) is 38.3 Å². The Labute approximate surface area is 108 Å². The quantitative estimate of drug-likeness (QED) is 0.477. The molecule has 0 unspecified atom stereocenters. The molecule has 18 heavy (non-hydrogen) atoms. The first-order valence-electron chi connectivity index (χ1n) is 6.22. The van der Waals surface area contributed by atoms with Gasteiger partial charge in [0.2, 0.25) is 0 Å². The lowest BCUT2D eigenvalue weighted by atomic mass is 10.0. The summed E-state index contributed by atoms with van der Waals surface area (Å²) in [7, 11) is 0. The van der Waals surface area contributed by atoms with Crippen LogP contribution in [0.4, 0.5) is 17.1 Å².